The van der Waals surface area contributed by atoms with E-state index >= 15 is 0 Å². The number of likely N-dealkylation sites (tertiary alicyclic amines) is 1. The van der Waals surface area contributed by atoms with Crippen molar-refractivity contribution < 1.29 is 23.4 Å². The summed E-state index contributed by atoms with van der Waals surface area (Å²) in [6, 6.07) is 8.64. The summed E-state index contributed by atoms with van der Waals surface area (Å²) in [5, 5.41) is 0.793. The lowest BCUT2D eigenvalue weighted by Crippen LogP contribution is -2.42. The molecule has 0 saturated carbocycles. The molecule has 1 aliphatic rings. The molecule has 3 heterocycles. The summed E-state index contributed by atoms with van der Waals surface area (Å²) in [5.41, 5.74) is 1.61. The average molecular weight is 439 g/mol. The molecule has 0 radical (unpaired) electrons. The van der Waals surface area contributed by atoms with Crippen LogP contribution in [0.3, 0.4) is 0 Å². The molecular weight excluding hydrogens is 413 g/mol. The highest BCUT2D eigenvalue weighted by molar-refractivity contribution is 5.96. The maximum absolute atomic E-state index is 14.7. The van der Waals surface area contributed by atoms with E-state index in [1.54, 1.807) is 11.1 Å². The molecule has 1 fully saturated rings. The van der Waals surface area contributed by atoms with Crippen molar-refractivity contribution in [1.29, 1.82) is 0 Å². The normalized spacial score (nSPS) is 14.6. The smallest absolute Gasteiger partial charge is 0.410 e. The minimum Gasteiger partial charge on any atom is -0.490 e. The molecule has 0 N–H and O–H groups in total. The van der Waals surface area contributed by atoms with Crippen molar-refractivity contribution in [1.82, 2.24) is 14.9 Å². The Kier molecular flexibility index (Phi) is 6.39. The van der Waals surface area contributed by atoms with Gasteiger partial charge in [-0.2, -0.15) is 0 Å². The zero-order valence-electron chi connectivity index (χ0n) is 18.4. The number of para-hydroxylation sites is 1. The van der Waals surface area contributed by atoms with Crippen LogP contribution in [0.5, 0.6) is 11.6 Å². The van der Waals surface area contributed by atoms with Crippen molar-refractivity contribution in [2.45, 2.75) is 38.9 Å². The molecule has 3 aromatic rings. The third-order valence-electron chi connectivity index (χ3n) is 5.39. The van der Waals surface area contributed by atoms with Crippen LogP contribution < -0.4 is 9.47 Å². The molecule has 1 aliphatic heterocycles. The fourth-order valence-electron chi connectivity index (χ4n) is 3.81. The Hall–Kier alpha value is -3.42. The van der Waals surface area contributed by atoms with Gasteiger partial charge in [0.1, 0.15) is 17.7 Å². The predicted molar refractivity (Wildman–Crippen MR) is 118 cm³/mol. The fraction of sp³-hybridized carbons (Fsp3) is 0.375. The lowest BCUT2D eigenvalue weighted by Gasteiger charge is -2.32. The molecule has 0 spiro atoms. The fourth-order valence-corrected chi connectivity index (χ4v) is 3.81. The van der Waals surface area contributed by atoms with Gasteiger partial charge in [-0.05, 0) is 26.0 Å². The summed E-state index contributed by atoms with van der Waals surface area (Å²) in [6.45, 7) is 4.83. The van der Waals surface area contributed by atoms with Gasteiger partial charge in [0.05, 0.1) is 18.7 Å². The van der Waals surface area contributed by atoms with Crippen molar-refractivity contribution >= 4 is 17.0 Å². The third kappa shape index (κ3) is 4.59. The van der Waals surface area contributed by atoms with Gasteiger partial charge in [0, 0.05) is 60.9 Å². The van der Waals surface area contributed by atoms with Gasteiger partial charge in [0.15, 0.2) is 0 Å². The summed E-state index contributed by atoms with van der Waals surface area (Å²) in [6.07, 6.45) is 4.05. The number of pyridine rings is 2. The number of aromatic nitrogens is 2. The monoisotopic (exact) mass is 439 g/mol. The first-order valence-corrected chi connectivity index (χ1v) is 10.7. The third-order valence-corrected chi connectivity index (χ3v) is 5.39. The van der Waals surface area contributed by atoms with E-state index in [-0.39, 0.29) is 24.2 Å². The van der Waals surface area contributed by atoms with E-state index in [0.717, 1.165) is 5.39 Å². The Morgan fingerprint density at radius 2 is 1.94 bits per heavy atom. The molecule has 2 aromatic heterocycles. The van der Waals surface area contributed by atoms with Gasteiger partial charge >= 0.3 is 6.09 Å². The lowest BCUT2D eigenvalue weighted by molar-refractivity contribution is 0.0520. The van der Waals surface area contributed by atoms with Crippen LogP contribution in [0.1, 0.15) is 26.7 Å². The second kappa shape index (κ2) is 9.38. The second-order valence-electron chi connectivity index (χ2n) is 7.95. The Balaban J connectivity index is 1.54. The van der Waals surface area contributed by atoms with E-state index in [1.807, 2.05) is 38.1 Å². The minimum absolute atomic E-state index is 0.0354. The van der Waals surface area contributed by atoms with Crippen molar-refractivity contribution in [2.75, 3.05) is 20.2 Å². The molecule has 32 heavy (non-hydrogen) atoms. The van der Waals surface area contributed by atoms with Crippen LogP contribution in [0.25, 0.3) is 22.0 Å². The van der Waals surface area contributed by atoms with E-state index in [0.29, 0.717) is 48.3 Å². The molecule has 0 bridgehead atoms. The number of amides is 1. The number of methoxy groups -OCH3 is 1. The first-order valence-electron chi connectivity index (χ1n) is 10.7. The second-order valence-corrected chi connectivity index (χ2v) is 7.95. The number of nitrogens with zero attached hydrogens (tertiary/aromatic N) is 3. The zero-order valence-corrected chi connectivity index (χ0v) is 18.4. The molecule has 7 nitrogen and oxygen atoms in total. The van der Waals surface area contributed by atoms with Crippen LogP contribution in [-0.4, -0.2) is 53.4 Å². The van der Waals surface area contributed by atoms with Gasteiger partial charge in [-0.3, -0.25) is 4.98 Å². The summed E-state index contributed by atoms with van der Waals surface area (Å²) >= 11 is 0. The molecule has 0 aliphatic carbocycles. The van der Waals surface area contributed by atoms with E-state index in [4.69, 9.17) is 14.2 Å². The van der Waals surface area contributed by atoms with Crippen molar-refractivity contribution in [3.8, 4) is 22.8 Å². The number of ether oxygens (including phenoxy) is 3. The number of hydrogen-bond acceptors (Lipinski definition) is 6. The highest BCUT2D eigenvalue weighted by atomic mass is 19.1. The van der Waals surface area contributed by atoms with Crippen molar-refractivity contribution in [3.05, 3.63) is 48.5 Å². The number of hydrogen-bond donors (Lipinski definition) is 0. The van der Waals surface area contributed by atoms with Crippen LogP contribution in [0.2, 0.25) is 0 Å². The predicted octanol–water partition coefficient (Wildman–Crippen LogP) is 4.83. The number of halogens is 1. The highest BCUT2D eigenvalue weighted by Crippen LogP contribution is 2.34. The van der Waals surface area contributed by atoms with Crippen LogP contribution in [-0.2, 0) is 4.74 Å². The van der Waals surface area contributed by atoms with Gasteiger partial charge in [-0.15, -0.1) is 0 Å². The molecule has 1 aromatic carbocycles. The van der Waals surface area contributed by atoms with E-state index in [2.05, 4.69) is 9.97 Å². The van der Waals surface area contributed by atoms with Crippen LogP contribution in [0, 0.1) is 5.82 Å². The summed E-state index contributed by atoms with van der Waals surface area (Å²) in [7, 11) is 1.45. The summed E-state index contributed by atoms with van der Waals surface area (Å²) < 4.78 is 31.2. The summed E-state index contributed by atoms with van der Waals surface area (Å²) in [4.78, 5) is 22.4. The Morgan fingerprint density at radius 1 is 1.16 bits per heavy atom. The standard InChI is InChI=1S/C24H26FN3O4/c1-15(2)31-24(29)28-11-8-16(9-12-28)32-21-7-10-26-23-17(5-4-6-18(21)23)19-14-27-22(30-3)13-20(19)25/h4-7,10,13-16H,8-9,11-12H2,1-3H3. The molecular formula is C24H26FN3O4. The molecule has 1 amide bonds. The number of benzene rings is 1. The molecule has 4 rings (SSSR count). The zero-order chi connectivity index (χ0) is 22.7. The van der Waals surface area contributed by atoms with Crippen LogP contribution in [0.4, 0.5) is 9.18 Å². The van der Waals surface area contributed by atoms with Gasteiger partial charge in [0.2, 0.25) is 5.88 Å². The highest BCUT2D eigenvalue weighted by Gasteiger charge is 2.26. The Labute approximate surface area is 186 Å². The number of carbonyl (C=O) groups excluding carboxylic acids is 1. The first-order chi connectivity index (χ1) is 15.5. The van der Waals surface area contributed by atoms with E-state index in [1.165, 1.54) is 19.4 Å². The lowest BCUT2D eigenvalue weighted by atomic mass is 10.0. The number of rotatable bonds is 5. The number of piperidine rings is 1. The van der Waals surface area contributed by atoms with Crippen LogP contribution in [0.15, 0.2) is 42.7 Å². The topological polar surface area (TPSA) is 73.8 Å². The number of carbonyl (C=O) groups is 1. The largest absolute Gasteiger partial charge is 0.490 e. The quantitative estimate of drug-likeness (QED) is 0.567. The van der Waals surface area contributed by atoms with Gasteiger partial charge in [-0.25, -0.2) is 14.2 Å². The minimum atomic E-state index is -0.432. The van der Waals surface area contributed by atoms with Gasteiger partial charge < -0.3 is 19.1 Å². The maximum atomic E-state index is 14.7. The van der Waals surface area contributed by atoms with E-state index in [9.17, 15) is 9.18 Å². The molecule has 0 atom stereocenters. The van der Waals surface area contributed by atoms with Gasteiger partial charge in [0.25, 0.3) is 0 Å². The maximum Gasteiger partial charge on any atom is 0.410 e. The molecule has 168 valence electrons. The average Bonchev–Trinajstić information content (AvgIpc) is 2.79. The van der Waals surface area contributed by atoms with Gasteiger partial charge in [-0.1, -0.05) is 12.1 Å². The SMILES string of the molecule is COc1cc(F)c(-c2cccc3c(OC4CCN(C(=O)OC(C)C)CC4)ccnc23)cn1. The van der Waals surface area contributed by atoms with Crippen LogP contribution >= 0.6 is 0 Å². The Morgan fingerprint density at radius 3 is 2.62 bits per heavy atom. The Bertz CT molecular complexity index is 1110. The first kappa shape index (κ1) is 21.8. The van der Waals surface area contributed by atoms with Crippen molar-refractivity contribution in [3.63, 3.8) is 0 Å². The summed E-state index contributed by atoms with van der Waals surface area (Å²) in [5.74, 6) is 0.465. The molecule has 8 heteroatoms. The molecule has 1 saturated heterocycles. The van der Waals surface area contributed by atoms with Crippen molar-refractivity contribution in [2.24, 2.45) is 0 Å². The molecule has 0 unspecified atom stereocenters. The van der Waals surface area contributed by atoms with E-state index < -0.39 is 5.82 Å². The number of fused-ring (bicyclic) bond motifs is 1.